The zero-order valence-electron chi connectivity index (χ0n) is 10.3. The molecule has 0 aromatic rings. The lowest BCUT2D eigenvalue weighted by Gasteiger charge is -2.23. The molecule has 0 spiro atoms. The largest absolute Gasteiger partial charge is 0.305 e. The third-order valence-electron chi connectivity index (χ3n) is 3.66. The molecule has 3 nitrogen and oxygen atoms in total. The average Bonchev–Trinajstić information content (AvgIpc) is 3.14. The Labute approximate surface area is 98.8 Å². The van der Waals surface area contributed by atoms with Crippen LogP contribution in [0, 0.1) is 23.2 Å². The maximum atomic E-state index is 8.90. The lowest BCUT2D eigenvalue weighted by atomic mass is 10.2. The first kappa shape index (κ1) is 11.9. The zero-order chi connectivity index (χ0) is 11.4. The number of nitrogens with one attached hydrogen (secondary N) is 1. The molecule has 16 heavy (non-hydrogen) atoms. The van der Waals surface area contributed by atoms with Crippen LogP contribution in [0.2, 0.25) is 0 Å². The third-order valence-corrected chi connectivity index (χ3v) is 3.66. The standard InChI is InChI=1S/C13H23N3/c1-15-13(8-14)6-7-16(9-11-2-3-11)10-12-4-5-12/h11-13,15H,2-7,9-10H2,1H3. The minimum Gasteiger partial charge on any atom is -0.305 e. The van der Waals surface area contributed by atoms with Crippen molar-refractivity contribution in [1.82, 2.24) is 10.2 Å². The summed E-state index contributed by atoms with van der Waals surface area (Å²) in [5.74, 6) is 1.93. The van der Waals surface area contributed by atoms with E-state index in [1.54, 1.807) is 0 Å². The zero-order valence-corrected chi connectivity index (χ0v) is 10.3. The Morgan fingerprint density at radius 2 is 1.81 bits per heavy atom. The second kappa shape index (κ2) is 5.65. The maximum absolute atomic E-state index is 8.90. The fraction of sp³-hybridized carbons (Fsp3) is 0.923. The number of hydrogen-bond acceptors (Lipinski definition) is 3. The van der Waals surface area contributed by atoms with Gasteiger partial charge in [-0.25, -0.2) is 0 Å². The van der Waals surface area contributed by atoms with Crippen LogP contribution >= 0.6 is 0 Å². The van der Waals surface area contributed by atoms with Gasteiger partial charge in [0.1, 0.15) is 0 Å². The van der Waals surface area contributed by atoms with Gasteiger partial charge in [0.25, 0.3) is 0 Å². The van der Waals surface area contributed by atoms with Gasteiger partial charge in [-0.15, -0.1) is 0 Å². The lowest BCUT2D eigenvalue weighted by Crippen LogP contribution is -2.34. The highest BCUT2D eigenvalue weighted by Gasteiger charge is 2.29. The summed E-state index contributed by atoms with van der Waals surface area (Å²) < 4.78 is 0. The van der Waals surface area contributed by atoms with Crippen LogP contribution < -0.4 is 5.32 Å². The van der Waals surface area contributed by atoms with Crippen molar-refractivity contribution >= 4 is 0 Å². The molecule has 0 aliphatic heterocycles. The van der Waals surface area contributed by atoms with Crippen molar-refractivity contribution in [1.29, 1.82) is 5.26 Å². The van der Waals surface area contributed by atoms with Gasteiger partial charge in [-0.3, -0.25) is 0 Å². The SMILES string of the molecule is CNC(C#N)CCN(CC1CC1)CC1CC1. The normalized spacial score (nSPS) is 22.1. The Morgan fingerprint density at radius 3 is 2.19 bits per heavy atom. The van der Waals surface area contributed by atoms with Crippen LogP contribution in [0.5, 0.6) is 0 Å². The number of nitrogens with zero attached hydrogens (tertiary/aromatic N) is 2. The molecule has 2 fully saturated rings. The van der Waals surface area contributed by atoms with Crippen molar-refractivity contribution in [3.63, 3.8) is 0 Å². The summed E-state index contributed by atoms with van der Waals surface area (Å²) in [6.07, 6.45) is 6.67. The third kappa shape index (κ3) is 4.11. The second-order valence-corrected chi connectivity index (χ2v) is 5.41. The van der Waals surface area contributed by atoms with Gasteiger partial charge >= 0.3 is 0 Å². The van der Waals surface area contributed by atoms with Crippen molar-refractivity contribution in [2.45, 2.75) is 38.1 Å². The van der Waals surface area contributed by atoms with E-state index in [1.807, 2.05) is 7.05 Å². The van der Waals surface area contributed by atoms with E-state index in [9.17, 15) is 0 Å². The van der Waals surface area contributed by atoms with E-state index in [0.29, 0.717) is 0 Å². The molecule has 1 N–H and O–H groups in total. The smallest absolute Gasteiger partial charge is 0.0962 e. The molecule has 1 unspecified atom stereocenters. The number of nitriles is 1. The lowest BCUT2D eigenvalue weighted by molar-refractivity contribution is 0.244. The highest BCUT2D eigenvalue weighted by Crippen LogP contribution is 2.33. The summed E-state index contributed by atoms with van der Waals surface area (Å²) in [6.45, 7) is 3.64. The molecule has 0 aromatic carbocycles. The van der Waals surface area contributed by atoms with Crippen LogP contribution in [-0.2, 0) is 0 Å². The van der Waals surface area contributed by atoms with Crippen molar-refractivity contribution in [3.05, 3.63) is 0 Å². The Bertz CT molecular complexity index is 236. The van der Waals surface area contributed by atoms with Gasteiger partial charge in [-0.05, 0) is 51.0 Å². The molecular formula is C13H23N3. The van der Waals surface area contributed by atoms with Crippen molar-refractivity contribution in [2.75, 3.05) is 26.7 Å². The van der Waals surface area contributed by atoms with Crippen molar-refractivity contribution in [3.8, 4) is 6.07 Å². The van der Waals surface area contributed by atoms with E-state index in [2.05, 4.69) is 16.3 Å². The molecule has 2 saturated carbocycles. The predicted octanol–water partition coefficient (Wildman–Crippen LogP) is 1.61. The Hall–Kier alpha value is -0.590. The van der Waals surface area contributed by atoms with E-state index in [1.165, 1.54) is 38.8 Å². The Morgan fingerprint density at radius 1 is 1.25 bits per heavy atom. The molecular weight excluding hydrogens is 198 g/mol. The van der Waals surface area contributed by atoms with E-state index in [4.69, 9.17) is 5.26 Å². The van der Waals surface area contributed by atoms with Crippen LogP contribution in [0.1, 0.15) is 32.1 Å². The minimum atomic E-state index is 0.0286. The molecule has 0 aromatic heterocycles. The van der Waals surface area contributed by atoms with Crippen LogP contribution in [0.25, 0.3) is 0 Å². The maximum Gasteiger partial charge on any atom is 0.0962 e. The van der Waals surface area contributed by atoms with E-state index in [-0.39, 0.29) is 6.04 Å². The first-order valence-electron chi connectivity index (χ1n) is 6.61. The first-order valence-corrected chi connectivity index (χ1v) is 6.61. The van der Waals surface area contributed by atoms with Gasteiger partial charge in [0.05, 0.1) is 12.1 Å². The molecule has 1 atom stereocenters. The van der Waals surface area contributed by atoms with Crippen LogP contribution in [0.4, 0.5) is 0 Å². The molecule has 90 valence electrons. The topological polar surface area (TPSA) is 39.1 Å². The number of hydrogen-bond donors (Lipinski definition) is 1. The molecule has 2 aliphatic rings. The molecule has 0 saturated heterocycles. The Balaban J connectivity index is 1.69. The van der Waals surface area contributed by atoms with Crippen molar-refractivity contribution < 1.29 is 0 Å². The fourth-order valence-electron chi connectivity index (χ4n) is 2.17. The van der Waals surface area contributed by atoms with Gasteiger partial charge in [-0.2, -0.15) is 5.26 Å². The van der Waals surface area contributed by atoms with E-state index < -0.39 is 0 Å². The predicted molar refractivity (Wildman–Crippen MR) is 65.0 cm³/mol. The summed E-state index contributed by atoms with van der Waals surface area (Å²) in [5.41, 5.74) is 0. The Kier molecular flexibility index (Phi) is 4.20. The van der Waals surface area contributed by atoms with Gasteiger partial charge < -0.3 is 10.2 Å². The summed E-state index contributed by atoms with van der Waals surface area (Å²) in [7, 11) is 1.88. The summed E-state index contributed by atoms with van der Waals surface area (Å²) in [5, 5.41) is 12.0. The van der Waals surface area contributed by atoms with Crippen LogP contribution in [0.3, 0.4) is 0 Å². The molecule has 3 heteroatoms. The van der Waals surface area contributed by atoms with Crippen LogP contribution in [0.15, 0.2) is 0 Å². The first-order chi connectivity index (χ1) is 7.81. The van der Waals surface area contributed by atoms with Gasteiger partial charge in [0.2, 0.25) is 0 Å². The molecule has 0 bridgehead atoms. The van der Waals surface area contributed by atoms with Gasteiger partial charge in [0, 0.05) is 19.6 Å². The summed E-state index contributed by atoms with van der Waals surface area (Å²) in [6, 6.07) is 2.34. The quantitative estimate of drug-likeness (QED) is 0.677. The number of rotatable bonds is 8. The van der Waals surface area contributed by atoms with Crippen molar-refractivity contribution in [2.24, 2.45) is 11.8 Å². The average molecular weight is 221 g/mol. The second-order valence-electron chi connectivity index (χ2n) is 5.41. The van der Waals surface area contributed by atoms with E-state index >= 15 is 0 Å². The molecule has 2 rings (SSSR count). The molecule has 0 radical (unpaired) electrons. The minimum absolute atomic E-state index is 0.0286. The van der Waals surface area contributed by atoms with Crippen LogP contribution in [-0.4, -0.2) is 37.6 Å². The fourth-order valence-corrected chi connectivity index (χ4v) is 2.17. The monoisotopic (exact) mass is 221 g/mol. The highest BCUT2D eigenvalue weighted by molar-refractivity contribution is 4.90. The summed E-state index contributed by atoms with van der Waals surface area (Å²) >= 11 is 0. The highest BCUT2D eigenvalue weighted by atomic mass is 15.1. The summed E-state index contributed by atoms with van der Waals surface area (Å²) in [4.78, 5) is 2.59. The molecule has 2 aliphatic carbocycles. The molecule has 0 heterocycles. The van der Waals surface area contributed by atoms with Gasteiger partial charge in [0.15, 0.2) is 0 Å². The van der Waals surface area contributed by atoms with E-state index in [0.717, 1.165) is 24.8 Å². The molecule has 0 amide bonds. The van der Waals surface area contributed by atoms with Gasteiger partial charge in [-0.1, -0.05) is 0 Å².